The number of aryl methyl sites for hydroxylation is 2. The fourth-order valence-electron chi connectivity index (χ4n) is 3.49. The van der Waals surface area contributed by atoms with Gasteiger partial charge < -0.3 is 0 Å². The molecule has 0 atom stereocenters. The summed E-state index contributed by atoms with van der Waals surface area (Å²) in [4.78, 5) is 0. The second kappa shape index (κ2) is 4.60. The Morgan fingerprint density at radius 3 is 2.43 bits per heavy atom. The van der Waals surface area contributed by atoms with Gasteiger partial charge in [0.25, 0.3) is 0 Å². The van der Waals surface area contributed by atoms with Crippen LogP contribution in [0.2, 0.25) is 0 Å². The molecule has 0 heterocycles. The topological polar surface area (TPSA) is 0 Å². The second-order valence-corrected chi connectivity index (χ2v) is 5.92. The maximum atomic E-state index is 2.29. The van der Waals surface area contributed by atoms with Gasteiger partial charge in [-0.1, -0.05) is 60.7 Å². The molecule has 0 amide bonds. The van der Waals surface area contributed by atoms with Crippen LogP contribution in [0.25, 0.3) is 28.0 Å². The largest absolute Gasteiger partial charge is 0.0795 e. The van der Waals surface area contributed by atoms with E-state index >= 15 is 0 Å². The highest BCUT2D eigenvalue weighted by Gasteiger charge is 2.17. The fraction of sp³-hybridized carbons (Fsp3) is 0.143. The fourth-order valence-corrected chi connectivity index (χ4v) is 3.49. The van der Waals surface area contributed by atoms with E-state index in [0.717, 1.165) is 6.42 Å². The molecule has 21 heavy (non-hydrogen) atoms. The molecule has 0 unspecified atom stereocenters. The maximum Gasteiger partial charge on any atom is -0.00673 e. The molecular weight excluding hydrogens is 252 g/mol. The van der Waals surface area contributed by atoms with Crippen LogP contribution in [0, 0.1) is 13.8 Å². The van der Waals surface area contributed by atoms with Crippen molar-refractivity contribution in [3.05, 3.63) is 76.9 Å². The number of rotatable bonds is 1. The molecular formula is C21H18. The number of benzene rings is 3. The Hall–Kier alpha value is -2.34. The third-order valence-corrected chi connectivity index (χ3v) is 4.55. The predicted molar refractivity (Wildman–Crippen MR) is 91.6 cm³/mol. The monoisotopic (exact) mass is 270 g/mol. The minimum absolute atomic E-state index is 1.06. The summed E-state index contributed by atoms with van der Waals surface area (Å²) in [5.41, 5.74) is 8.38. The number of hydrogen-bond donors (Lipinski definition) is 0. The van der Waals surface area contributed by atoms with E-state index in [-0.39, 0.29) is 0 Å². The number of hydrogen-bond acceptors (Lipinski definition) is 0. The van der Waals surface area contributed by atoms with Gasteiger partial charge in [-0.3, -0.25) is 0 Å². The molecule has 0 spiro atoms. The molecule has 0 radical (unpaired) electrons. The lowest BCUT2D eigenvalue weighted by Gasteiger charge is -2.17. The van der Waals surface area contributed by atoms with Crippen molar-refractivity contribution in [1.29, 1.82) is 0 Å². The van der Waals surface area contributed by atoms with Gasteiger partial charge in [0.15, 0.2) is 0 Å². The van der Waals surface area contributed by atoms with Gasteiger partial charge in [-0.2, -0.15) is 0 Å². The van der Waals surface area contributed by atoms with Crippen molar-refractivity contribution in [2.24, 2.45) is 0 Å². The molecule has 0 aromatic heterocycles. The van der Waals surface area contributed by atoms with Crippen molar-refractivity contribution in [2.45, 2.75) is 20.3 Å². The third-order valence-electron chi connectivity index (χ3n) is 4.55. The smallest absolute Gasteiger partial charge is 0.00673 e. The molecule has 0 saturated carbocycles. The molecule has 0 aliphatic heterocycles. The second-order valence-electron chi connectivity index (χ2n) is 5.92. The minimum atomic E-state index is 1.06. The van der Waals surface area contributed by atoms with Crippen LogP contribution in [0.1, 0.15) is 22.3 Å². The van der Waals surface area contributed by atoms with Gasteiger partial charge in [-0.25, -0.2) is 0 Å². The Labute approximate surface area is 125 Å². The summed E-state index contributed by atoms with van der Waals surface area (Å²) >= 11 is 0. The van der Waals surface area contributed by atoms with Gasteiger partial charge in [0.2, 0.25) is 0 Å². The lowest BCUT2D eigenvalue weighted by atomic mass is 9.87. The Morgan fingerprint density at radius 2 is 1.52 bits per heavy atom. The van der Waals surface area contributed by atoms with Gasteiger partial charge in [0.05, 0.1) is 0 Å². The van der Waals surface area contributed by atoms with Crippen LogP contribution in [0.5, 0.6) is 0 Å². The van der Waals surface area contributed by atoms with Crippen LogP contribution < -0.4 is 0 Å². The first kappa shape index (κ1) is 12.4. The average Bonchev–Trinajstić information content (AvgIpc) is 2.97. The normalized spacial score (nSPS) is 12.9. The maximum absolute atomic E-state index is 2.29. The summed E-state index contributed by atoms with van der Waals surface area (Å²) in [6, 6.07) is 17.7. The molecule has 3 aromatic rings. The van der Waals surface area contributed by atoms with Gasteiger partial charge in [0.1, 0.15) is 0 Å². The zero-order chi connectivity index (χ0) is 14.4. The van der Waals surface area contributed by atoms with Crippen LogP contribution in [0.15, 0.2) is 54.6 Å². The van der Waals surface area contributed by atoms with E-state index in [0.29, 0.717) is 0 Å². The Kier molecular flexibility index (Phi) is 2.71. The SMILES string of the molecule is Cc1ccc2c(c1-c1c(C)ccc3ccccc13)C=CC2. The Balaban J connectivity index is 2.15. The first-order valence-electron chi connectivity index (χ1n) is 7.53. The van der Waals surface area contributed by atoms with E-state index in [1.54, 1.807) is 0 Å². The molecule has 0 N–H and O–H groups in total. The van der Waals surface area contributed by atoms with E-state index in [2.05, 4.69) is 74.5 Å². The molecule has 1 aliphatic rings. The average molecular weight is 270 g/mol. The van der Waals surface area contributed by atoms with E-state index in [9.17, 15) is 0 Å². The van der Waals surface area contributed by atoms with Gasteiger partial charge in [-0.15, -0.1) is 0 Å². The molecule has 4 rings (SSSR count). The summed E-state index contributed by atoms with van der Waals surface area (Å²) < 4.78 is 0. The zero-order valence-corrected chi connectivity index (χ0v) is 12.5. The van der Waals surface area contributed by atoms with Crippen molar-refractivity contribution in [1.82, 2.24) is 0 Å². The van der Waals surface area contributed by atoms with Crippen molar-refractivity contribution >= 4 is 16.8 Å². The quantitative estimate of drug-likeness (QED) is 0.532. The van der Waals surface area contributed by atoms with Gasteiger partial charge in [0, 0.05) is 0 Å². The highest BCUT2D eigenvalue weighted by atomic mass is 14.2. The molecule has 0 nitrogen and oxygen atoms in total. The summed E-state index contributed by atoms with van der Waals surface area (Å²) in [6.07, 6.45) is 5.62. The van der Waals surface area contributed by atoms with Crippen molar-refractivity contribution in [3.63, 3.8) is 0 Å². The molecule has 0 fully saturated rings. The van der Waals surface area contributed by atoms with Crippen molar-refractivity contribution in [3.8, 4) is 11.1 Å². The lowest BCUT2D eigenvalue weighted by Crippen LogP contribution is -1.94. The minimum Gasteiger partial charge on any atom is -0.0795 e. The predicted octanol–water partition coefficient (Wildman–Crippen LogP) is 5.69. The zero-order valence-electron chi connectivity index (χ0n) is 12.5. The summed E-state index contributed by atoms with van der Waals surface area (Å²) in [5.74, 6) is 0. The highest BCUT2D eigenvalue weighted by molar-refractivity contribution is 6.01. The van der Waals surface area contributed by atoms with Crippen LogP contribution in [0.3, 0.4) is 0 Å². The van der Waals surface area contributed by atoms with Gasteiger partial charge >= 0.3 is 0 Å². The Bertz CT molecular complexity index is 882. The van der Waals surface area contributed by atoms with E-state index in [1.807, 2.05) is 0 Å². The molecule has 1 aliphatic carbocycles. The van der Waals surface area contributed by atoms with Crippen LogP contribution in [0.4, 0.5) is 0 Å². The van der Waals surface area contributed by atoms with Crippen LogP contribution in [-0.4, -0.2) is 0 Å². The number of allylic oxidation sites excluding steroid dienone is 1. The van der Waals surface area contributed by atoms with Crippen LogP contribution in [-0.2, 0) is 6.42 Å². The molecule has 102 valence electrons. The standard InChI is InChI=1S/C21H18/c1-14-10-12-16-6-3-4-8-18(16)20(14)21-15(2)11-13-17-7-5-9-19(17)21/h3-6,8-13H,7H2,1-2H3. The van der Waals surface area contributed by atoms with Crippen LogP contribution >= 0.6 is 0 Å². The van der Waals surface area contributed by atoms with Crippen molar-refractivity contribution < 1.29 is 0 Å². The first-order valence-corrected chi connectivity index (χ1v) is 7.53. The van der Waals surface area contributed by atoms with Gasteiger partial charge in [-0.05, 0) is 64.4 Å². The number of fused-ring (bicyclic) bond motifs is 2. The summed E-state index contributed by atoms with van der Waals surface area (Å²) in [5, 5.41) is 2.67. The molecule has 3 aromatic carbocycles. The molecule has 0 heteroatoms. The lowest BCUT2D eigenvalue weighted by molar-refractivity contribution is 1.29. The van der Waals surface area contributed by atoms with E-state index < -0.39 is 0 Å². The summed E-state index contributed by atoms with van der Waals surface area (Å²) in [6.45, 7) is 4.45. The third kappa shape index (κ3) is 1.83. The Morgan fingerprint density at radius 1 is 0.762 bits per heavy atom. The molecule has 0 bridgehead atoms. The van der Waals surface area contributed by atoms with E-state index in [1.165, 1.54) is 44.2 Å². The first-order chi connectivity index (χ1) is 10.3. The van der Waals surface area contributed by atoms with Crippen molar-refractivity contribution in [2.75, 3.05) is 0 Å². The summed E-state index contributed by atoms with van der Waals surface area (Å²) in [7, 11) is 0. The highest BCUT2D eigenvalue weighted by Crippen LogP contribution is 2.39. The molecule has 0 saturated heterocycles. The van der Waals surface area contributed by atoms with E-state index in [4.69, 9.17) is 0 Å².